The van der Waals surface area contributed by atoms with Crippen molar-refractivity contribution in [3.63, 3.8) is 0 Å². The van der Waals surface area contributed by atoms with E-state index in [-0.39, 0.29) is 17.8 Å². The van der Waals surface area contributed by atoms with E-state index < -0.39 is 0 Å². The fourth-order valence-corrected chi connectivity index (χ4v) is 2.05. The number of hydrogen-bond acceptors (Lipinski definition) is 6. The van der Waals surface area contributed by atoms with Crippen LogP contribution in [0.5, 0.6) is 0 Å². The Morgan fingerprint density at radius 1 is 1.53 bits per heavy atom. The van der Waals surface area contributed by atoms with E-state index in [1.54, 1.807) is 6.20 Å². The fourth-order valence-electron chi connectivity index (χ4n) is 2.05. The van der Waals surface area contributed by atoms with Crippen LogP contribution < -0.4 is 10.6 Å². The number of carbonyl (C=O) groups is 1. The molecule has 6 heteroatoms. The lowest BCUT2D eigenvalue weighted by atomic mass is 9.97. The molecule has 1 aliphatic rings. The number of anilines is 2. The molecule has 1 saturated heterocycles. The number of esters is 1. The Hall–Kier alpha value is -1.85. The lowest BCUT2D eigenvalue weighted by Crippen LogP contribution is -2.37. The SMILES string of the molecule is COC(=O)C1CCN(c2ccnc(N)n2)CC1. The molecule has 1 aromatic heterocycles. The predicted molar refractivity (Wildman–Crippen MR) is 63.4 cm³/mol. The monoisotopic (exact) mass is 236 g/mol. The maximum atomic E-state index is 11.4. The summed E-state index contributed by atoms with van der Waals surface area (Å²) in [5.41, 5.74) is 5.54. The molecule has 2 heterocycles. The number of aromatic nitrogens is 2. The molecule has 1 aliphatic heterocycles. The van der Waals surface area contributed by atoms with Gasteiger partial charge in [0.1, 0.15) is 5.82 Å². The summed E-state index contributed by atoms with van der Waals surface area (Å²) < 4.78 is 4.75. The van der Waals surface area contributed by atoms with Gasteiger partial charge in [-0.25, -0.2) is 4.98 Å². The first-order chi connectivity index (χ1) is 8.20. The lowest BCUT2D eigenvalue weighted by molar-refractivity contribution is -0.146. The van der Waals surface area contributed by atoms with Gasteiger partial charge in [0, 0.05) is 19.3 Å². The number of nitrogen functional groups attached to an aromatic ring is 1. The zero-order valence-electron chi connectivity index (χ0n) is 9.80. The molecule has 92 valence electrons. The number of ether oxygens (including phenoxy) is 1. The third-order valence-electron chi connectivity index (χ3n) is 3.01. The molecule has 0 unspecified atom stereocenters. The Labute approximate surface area is 99.8 Å². The molecule has 0 aromatic carbocycles. The summed E-state index contributed by atoms with van der Waals surface area (Å²) in [4.78, 5) is 21.5. The Balaban J connectivity index is 1.97. The van der Waals surface area contributed by atoms with Crippen molar-refractivity contribution in [3.8, 4) is 0 Å². The summed E-state index contributed by atoms with van der Waals surface area (Å²) in [5.74, 6) is 0.987. The van der Waals surface area contributed by atoms with Gasteiger partial charge >= 0.3 is 5.97 Å². The van der Waals surface area contributed by atoms with Crippen LogP contribution in [0, 0.1) is 5.92 Å². The van der Waals surface area contributed by atoms with Gasteiger partial charge in [0.25, 0.3) is 0 Å². The van der Waals surface area contributed by atoms with Crippen LogP contribution in [0.15, 0.2) is 12.3 Å². The number of methoxy groups -OCH3 is 1. The highest BCUT2D eigenvalue weighted by molar-refractivity contribution is 5.72. The summed E-state index contributed by atoms with van der Waals surface area (Å²) in [7, 11) is 1.43. The Bertz CT molecular complexity index is 402. The standard InChI is InChI=1S/C11H16N4O2/c1-17-10(16)8-3-6-15(7-4-8)9-2-5-13-11(12)14-9/h2,5,8H,3-4,6-7H2,1H3,(H2,12,13,14). The van der Waals surface area contributed by atoms with Gasteiger partial charge in [0.2, 0.25) is 5.95 Å². The van der Waals surface area contributed by atoms with Gasteiger partial charge in [-0.15, -0.1) is 0 Å². The fraction of sp³-hybridized carbons (Fsp3) is 0.545. The van der Waals surface area contributed by atoms with Crippen molar-refractivity contribution in [1.29, 1.82) is 0 Å². The van der Waals surface area contributed by atoms with E-state index in [0.717, 1.165) is 31.7 Å². The second-order valence-electron chi connectivity index (χ2n) is 4.06. The van der Waals surface area contributed by atoms with Gasteiger partial charge in [0.05, 0.1) is 13.0 Å². The number of carbonyl (C=O) groups excluding carboxylic acids is 1. The normalized spacial score (nSPS) is 16.9. The van der Waals surface area contributed by atoms with Crippen LogP contribution in [-0.2, 0) is 9.53 Å². The van der Waals surface area contributed by atoms with Crippen molar-refractivity contribution < 1.29 is 9.53 Å². The Kier molecular flexibility index (Phi) is 3.41. The number of piperidine rings is 1. The summed E-state index contributed by atoms with van der Waals surface area (Å²) in [6.07, 6.45) is 3.22. The summed E-state index contributed by atoms with van der Waals surface area (Å²) in [5, 5.41) is 0. The maximum Gasteiger partial charge on any atom is 0.308 e. The molecule has 1 aromatic rings. The molecule has 0 radical (unpaired) electrons. The molecule has 6 nitrogen and oxygen atoms in total. The third-order valence-corrected chi connectivity index (χ3v) is 3.01. The molecule has 2 rings (SSSR count). The van der Waals surface area contributed by atoms with Crippen LogP contribution >= 0.6 is 0 Å². The summed E-state index contributed by atoms with van der Waals surface area (Å²) >= 11 is 0. The first-order valence-corrected chi connectivity index (χ1v) is 5.62. The highest BCUT2D eigenvalue weighted by Gasteiger charge is 2.26. The number of hydrogen-bond donors (Lipinski definition) is 1. The van der Waals surface area contributed by atoms with Crippen LogP contribution in [-0.4, -0.2) is 36.1 Å². The molecule has 17 heavy (non-hydrogen) atoms. The van der Waals surface area contributed by atoms with Gasteiger partial charge in [-0.05, 0) is 18.9 Å². The molecule has 0 atom stereocenters. The molecule has 1 fully saturated rings. The van der Waals surface area contributed by atoms with E-state index in [0.29, 0.717) is 0 Å². The molecule has 0 saturated carbocycles. The molecule has 0 amide bonds. The average molecular weight is 236 g/mol. The van der Waals surface area contributed by atoms with Crippen molar-refractivity contribution in [2.24, 2.45) is 5.92 Å². The molecule has 2 N–H and O–H groups in total. The van der Waals surface area contributed by atoms with Crippen LogP contribution in [0.3, 0.4) is 0 Å². The van der Waals surface area contributed by atoms with Crippen LogP contribution in [0.4, 0.5) is 11.8 Å². The largest absolute Gasteiger partial charge is 0.469 e. The zero-order valence-corrected chi connectivity index (χ0v) is 9.80. The average Bonchev–Trinajstić information content (AvgIpc) is 2.38. The van der Waals surface area contributed by atoms with E-state index in [2.05, 4.69) is 14.9 Å². The molecular weight excluding hydrogens is 220 g/mol. The van der Waals surface area contributed by atoms with E-state index >= 15 is 0 Å². The molecule has 0 aliphatic carbocycles. The maximum absolute atomic E-state index is 11.4. The zero-order chi connectivity index (χ0) is 12.3. The molecular formula is C11H16N4O2. The van der Waals surface area contributed by atoms with Crippen molar-refractivity contribution >= 4 is 17.7 Å². The van der Waals surface area contributed by atoms with Gasteiger partial charge < -0.3 is 15.4 Å². The second-order valence-corrected chi connectivity index (χ2v) is 4.06. The number of nitrogens with two attached hydrogens (primary N) is 1. The quantitative estimate of drug-likeness (QED) is 0.751. The highest BCUT2D eigenvalue weighted by atomic mass is 16.5. The minimum atomic E-state index is -0.119. The van der Waals surface area contributed by atoms with Crippen molar-refractivity contribution in [1.82, 2.24) is 9.97 Å². The minimum Gasteiger partial charge on any atom is -0.469 e. The smallest absolute Gasteiger partial charge is 0.308 e. The highest BCUT2D eigenvalue weighted by Crippen LogP contribution is 2.22. The Morgan fingerprint density at radius 3 is 2.82 bits per heavy atom. The van der Waals surface area contributed by atoms with E-state index in [1.807, 2.05) is 6.07 Å². The van der Waals surface area contributed by atoms with E-state index in [9.17, 15) is 4.79 Å². The molecule has 0 bridgehead atoms. The lowest BCUT2D eigenvalue weighted by Gasteiger charge is -2.31. The number of nitrogens with zero attached hydrogens (tertiary/aromatic N) is 3. The topological polar surface area (TPSA) is 81.3 Å². The van der Waals surface area contributed by atoms with Crippen LogP contribution in [0.2, 0.25) is 0 Å². The van der Waals surface area contributed by atoms with Gasteiger partial charge in [-0.2, -0.15) is 4.98 Å². The van der Waals surface area contributed by atoms with E-state index in [1.165, 1.54) is 7.11 Å². The molecule has 0 spiro atoms. The van der Waals surface area contributed by atoms with Crippen LogP contribution in [0.1, 0.15) is 12.8 Å². The third kappa shape index (κ3) is 2.64. The van der Waals surface area contributed by atoms with Crippen molar-refractivity contribution in [2.75, 3.05) is 30.8 Å². The van der Waals surface area contributed by atoms with E-state index in [4.69, 9.17) is 10.5 Å². The summed E-state index contributed by atoms with van der Waals surface area (Å²) in [6, 6.07) is 1.83. The number of rotatable bonds is 2. The van der Waals surface area contributed by atoms with Gasteiger partial charge in [0.15, 0.2) is 0 Å². The van der Waals surface area contributed by atoms with Crippen molar-refractivity contribution in [2.45, 2.75) is 12.8 Å². The minimum absolute atomic E-state index is 0.00966. The predicted octanol–water partition coefficient (Wildman–Crippen LogP) is 0.448. The first-order valence-electron chi connectivity index (χ1n) is 5.62. The summed E-state index contributed by atoms with van der Waals surface area (Å²) in [6.45, 7) is 1.58. The van der Waals surface area contributed by atoms with Crippen LogP contribution in [0.25, 0.3) is 0 Å². The Morgan fingerprint density at radius 2 is 2.24 bits per heavy atom. The second kappa shape index (κ2) is 4.99. The van der Waals surface area contributed by atoms with Gasteiger partial charge in [-0.3, -0.25) is 4.79 Å². The van der Waals surface area contributed by atoms with Gasteiger partial charge in [-0.1, -0.05) is 0 Å². The first kappa shape index (κ1) is 11.6. The van der Waals surface area contributed by atoms with Crippen molar-refractivity contribution in [3.05, 3.63) is 12.3 Å².